The van der Waals surface area contributed by atoms with Gasteiger partial charge >= 0.3 is 0 Å². The molecule has 2 N–H and O–H groups in total. The zero-order chi connectivity index (χ0) is 22.6. The van der Waals surface area contributed by atoms with Crippen molar-refractivity contribution >= 4 is 29.9 Å². The van der Waals surface area contributed by atoms with E-state index in [0.29, 0.717) is 19.7 Å². The zero-order valence-electron chi connectivity index (χ0n) is 19.3. The fraction of sp³-hybridized carbons (Fsp3) is 0.375. The van der Waals surface area contributed by atoms with Gasteiger partial charge in [-0.15, -0.1) is 34.2 Å². The summed E-state index contributed by atoms with van der Waals surface area (Å²) in [6.45, 7) is 4.03. The summed E-state index contributed by atoms with van der Waals surface area (Å²) in [6, 6.07) is 14.3. The van der Waals surface area contributed by atoms with E-state index in [0.717, 1.165) is 53.3 Å². The summed E-state index contributed by atoms with van der Waals surface area (Å²) in [4.78, 5) is 4.81. The minimum Gasteiger partial charge on any atom is -0.493 e. The summed E-state index contributed by atoms with van der Waals surface area (Å²) in [5.41, 5.74) is 2.31. The van der Waals surface area contributed by atoms with Crippen LogP contribution < -0.4 is 24.8 Å². The topological polar surface area (TPSA) is 94.8 Å². The molecule has 34 heavy (non-hydrogen) atoms. The number of rotatable bonds is 6. The molecule has 2 aliphatic heterocycles. The van der Waals surface area contributed by atoms with E-state index in [1.54, 1.807) is 0 Å². The van der Waals surface area contributed by atoms with Crippen LogP contribution in [0.1, 0.15) is 35.2 Å². The highest BCUT2D eigenvalue weighted by Crippen LogP contribution is 2.33. The summed E-state index contributed by atoms with van der Waals surface area (Å²) in [7, 11) is 1.95. The van der Waals surface area contributed by atoms with Gasteiger partial charge in [0.2, 0.25) is 6.79 Å². The van der Waals surface area contributed by atoms with Crippen LogP contribution in [0.4, 0.5) is 0 Å². The second-order valence-electron chi connectivity index (χ2n) is 8.12. The van der Waals surface area contributed by atoms with Crippen molar-refractivity contribution in [2.24, 2.45) is 12.0 Å². The van der Waals surface area contributed by atoms with Crippen molar-refractivity contribution in [3.8, 4) is 17.2 Å². The molecular formula is C24H29IN6O3. The average Bonchev–Trinajstić information content (AvgIpc) is 3.43. The van der Waals surface area contributed by atoms with Gasteiger partial charge in [-0.3, -0.25) is 0 Å². The highest BCUT2D eigenvalue weighted by atomic mass is 127. The largest absolute Gasteiger partial charge is 0.493 e. The maximum atomic E-state index is 5.81. The van der Waals surface area contributed by atoms with Crippen molar-refractivity contribution in [3.63, 3.8) is 0 Å². The van der Waals surface area contributed by atoms with E-state index in [2.05, 4.69) is 33.0 Å². The van der Waals surface area contributed by atoms with Gasteiger partial charge in [0.25, 0.3) is 0 Å². The van der Waals surface area contributed by atoms with Gasteiger partial charge in [0.05, 0.1) is 12.6 Å². The van der Waals surface area contributed by atoms with Crippen LogP contribution in [-0.2, 0) is 20.0 Å². The van der Waals surface area contributed by atoms with E-state index in [1.165, 1.54) is 5.56 Å². The molecule has 1 atom stereocenters. The molecular weight excluding hydrogens is 547 g/mol. The number of halogens is 1. The van der Waals surface area contributed by atoms with Crippen LogP contribution in [0.3, 0.4) is 0 Å². The van der Waals surface area contributed by atoms with E-state index in [4.69, 9.17) is 19.2 Å². The van der Waals surface area contributed by atoms with E-state index in [9.17, 15) is 0 Å². The predicted molar refractivity (Wildman–Crippen MR) is 139 cm³/mol. The fourth-order valence-corrected chi connectivity index (χ4v) is 3.97. The smallest absolute Gasteiger partial charge is 0.231 e. The van der Waals surface area contributed by atoms with Gasteiger partial charge in [-0.1, -0.05) is 24.3 Å². The van der Waals surface area contributed by atoms with Crippen LogP contribution in [-0.4, -0.2) is 40.7 Å². The Bertz CT molecular complexity index is 1170. The zero-order valence-corrected chi connectivity index (χ0v) is 21.6. The third-order valence-corrected chi connectivity index (χ3v) is 5.97. The summed E-state index contributed by atoms with van der Waals surface area (Å²) in [5.74, 6) is 4.94. The van der Waals surface area contributed by atoms with Gasteiger partial charge in [-0.2, -0.15) is 0 Å². The summed E-state index contributed by atoms with van der Waals surface area (Å²) >= 11 is 0. The van der Waals surface area contributed by atoms with Crippen LogP contribution in [0, 0.1) is 6.92 Å². The van der Waals surface area contributed by atoms with Crippen molar-refractivity contribution < 1.29 is 14.2 Å². The number of fused-ring (bicyclic) bond motifs is 2. The van der Waals surface area contributed by atoms with Crippen molar-refractivity contribution in [2.75, 3.05) is 19.9 Å². The molecule has 2 aromatic carbocycles. The second kappa shape index (κ2) is 10.9. The Morgan fingerprint density at radius 1 is 1.09 bits per heavy atom. The Balaban J connectivity index is 0.00000274. The SMILES string of the molecule is Cc1nnc(CN=C(NCCc2ccc3c(c2)OCO3)NC2CCOc3ccccc32)n1C.I. The predicted octanol–water partition coefficient (Wildman–Crippen LogP) is 3.27. The number of aromatic nitrogens is 3. The lowest BCUT2D eigenvalue weighted by molar-refractivity contribution is 0.174. The molecule has 10 heteroatoms. The molecule has 0 bridgehead atoms. The Morgan fingerprint density at radius 3 is 2.79 bits per heavy atom. The highest BCUT2D eigenvalue weighted by molar-refractivity contribution is 14.0. The van der Waals surface area contributed by atoms with Gasteiger partial charge in [0, 0.05) is 25.6 Å². The lowest BCUT2D eigenvalue weighted by Crippen LogP contribution is -2.42. The number of hydrogen-bond donors (Lipinski definition) is 2. The molecule has 1 aromatic heterocycles. The molecule has 3 heterocycles. The quantitative estimate of drug-likeness (QED) is 0.264. The maximum Gasteiger partial charge on any atom is 0.231 e. The molecule has 5 rings (SSSR count). The third-order valence-electron chi connectivity index (χ3n) is 5.97. The van der Waals surface area contributed by atoms with E-state index < -0.39 is 0 Å². The molecule has 0 saturated carbocycles. The van der Waals surface area contributed by atoms with Gasteiger partial charge in [-0.05, 0) is 37.1 Å². The monoisotopic (exact) mass is 576 g/mol. The molecule has 2 aliphatic rings. The average molecular weight is 576 g/mol. The number of hydrogen-bond acceptors (Lipinski definition) is 6. The minimum atomic E-state index is 0. The van der Waals surface area contributed by atoms with Crippen LogP contribution in [0.15, 0.2) is 47.5 Å². The normalized spacial score (nSPS) is 16.3. The molecule has 0 fully saturated rings. The molecule has 180 valence electrons. The Labute approximate surface area is 215 Å². The molecule has 3 aromatic rings. The number of guanidine groups is 1. The van der Waals surface area contributed by atoms with Crippen molar-refractivity contribution in [2.45, 2.75) is 32.4 Å². The lowest BCUT2D eigenvalue weighted by atomic mass is 10.0. The van der Waals surface area contributed by atoms with Gasteiger partial charge < -0.3 is 29.4 Å². The first-order chi connectivity index (χ1) is 16.2. The number of nitrogens with zero attached hydrogens (tertiary/aromatic N) is 4. The van der Waals surface area contributed by atoms with Gasteiger partial charge in [-0.25, -0.2) is 4.99 Å². The molecule has 1 unspecified atom stereocenters. The number of aryl methyl sites for hydroxylation is 1. The number of aliphatic imine (C=N–C) groups is 1. The number of benzene rings is 2. The maximum absolute atomic E-state index is 5.81. The number of nitrogens with one attached hydrogen (secondary N) is 2. The minimum absolute atomic E-state index is 0. The Hall–Kier alpha value is -3.02. The highest BCUT2D eigenvalue weighted by Gasteiger charge is 2.22. The standard InChI is InChI=1S/C24H28N6O3.HI/c1-16-28-29-23(30(16)2)14-26-24(27-19-10-12-31-20-6-4-3-5-18(19)20)25-11-9-17-7-8-21-22(13-17)33-15-32-21;/h3-8,13,19H,9-12,14-15H2,1-2H3,(H2,25,26,27);1H. The Morgan fingerprint density at radius 2 is 1.94 bits per heavy atom. The first-order valence-corrected chi connectivity index (χ1v) is 11.2. The van der Waals surface area contributed by atoms with Crippen molar-refractivity contribution in [3.05, 3.63) is 65.2 Å². The van der Waals surface area contributed by atoms with Crippen molar-refractivity contribution in [1.29, 1.82) is 0 Å². The van der Waals surface area contributed by atoms with Crippen LogP contribution in [0.5, 0.6) is 17.2 Å². The molecule has 9 nitrogen and oxygen atoms in total. The van der Waals surface area contributed by atoms with Crippen LogP contribution in [0.25, 0.3) is 0 Å². The van der Waals surface area contributed by atoms with E-state index >= 15 is 0 Å². The van der Waals surface area contributed by atoms with Crippen LogP contribution >= 0.6 is 24.0 Å². The molecule has 0 aliphatic carbocycles. The van der Waals surface area contributed by atoms with Gasteiger partial charge in [0.1, 0.15) is 18.1 Å². The van der Waals surface area contributed by atoms with E-state index in [1.807, 2.05) is 48.9 Å². The summed E-state index contributed by atoms with van der Waals surface area (Å²) in [6.07, 6.45) is 1.69. The van der Waals surface area contributed by atoms with Gasteiger partial charge in [0.15, 0.2) is 23.3 Å². The lowest BCUT2D eigenvalue weighted by Gasteiger charge is -2.28. The van der Waals surface area contributed by atoms with E-state index in [-0.39, 0.29) is 36.8 Å². The fourth-order valence-electron chi connectivity index (χ4n) is 3.97. The Kier molecular flexibility index (Phi) is 7.76. The van der Waals surface area contributed by atoms with Crippen LogP contribution in [0.2, 0.25) is 0 Å². The molecule has 0 amide bonds. The molecule has 0 spiro atoms. The number of para-hydroxylation sites is 1. The molecule has 0 saturated heterocycles. The van der Waals surface area contributed by atoms with Crippen molar-refractivity contribution in [1.82, 2.24) is 25.4 Å². The summed E-state index contributed by atoms with van der Waals surface area (Å²) < 4.78 is 18.7. The second-order valence-corrected chi connectivity index (χ2v) is 8.12. The number of ether oxygens (including phenoxy) is 3. The third kappa shape index (κ3) is 5.37. The first kappa shape index (κ1) is 24.1. The molecule has 0 radical (unpaired) electrons. The summed E-state index contributed by atoms with van der Waals surface area (Å²) in [5, 5.41) is 15.4. The first-order valence-electron chi connectivity index (χ1n) is 11.2.